The number of alkyl halides is 2. The molecular formula is C6H12Cl2O3. The lowest BCUT2D eigenvalue weighted by Gasteiger charge is -1.96. The molecule has 11 heavy (non-hydrogen) atoms. The zero-order valence-electron chi connectivity index (χ0n) is 6.35. The van der Waals surface area contributed by atoms with Crippen LogP contribution in [0.5, 0.6) is 0 Å². The first-order valence-electron chi connectivity index (χ1n) is 3.11. The monoisotopic (exact) mass is 202 g/mol. The molecule has 0 heterocycles. The molecule has 5 heteroatoms. The largest absolute Gasteiger partial charge is 0.466 e. The van der Waals surface area contributed by atoms with Gasteiger partial charge in [0.05, 0.1) is 25.0 Å². The van der Waals surface area contributed by atoms with Crippen LogP contribution in [0.4, 0.5) is 0 Å². The van der Waals surface area contributed by atoms with Crippen LogP contribution in [0.3, 0.4) is 0 Å². The van der Waals surface area contributed by atoms with Crippen molar-refractivity contribution < 1.29 is 14.6 Å². The topological polar surface area (TPSA) is 46.5 Å². The smallest absolute Gasteiger partial charge is 0.308 e. The first-order valence-corrected chi connectivity index (χ1v) is 4.18. The van der Waals surface area contributed by atoms with E-state index in [1.54, 1.807) is 6.92 Å². The Morgan fingerprint density at radius 1 is 1.55 bits per heavy atom. The van der Waals surface area contributed by atoms with E-state index in [1.807, 2.05) is 0 Å². The lowest BCUT2D eigenvalue weighted by Crippen LogP contribution is -2.05. The summed E-state index contributed by atoms with van der Waals surface area (Å²) in [5.41, 5.74) is 0. The van der Waals surface area contributed by atoms with E-state index in [-0.39, 0.29) is 24.3 Å². The van der Waals surface area contributed by atoms with Gasteiger partial charge in [-0.05, 0) is 6.92 Å². The average molecular weight is 203 g/mol. The molecule has 3 nitrogen and oxygen atoms in total. The average Bonchev–Trinajstić information content (AvgIpc) is 1.90. The normalized spacial score (nSPS) is 8.00. The maximum Gasteiger partial charge on any atom is 0.308 e. The summed E-state index contributed by atoms with van der Waals surface area (Å²) < 4.78 is 4.48. The number of aliphatic hydroxyl groups is 1. The highest BCUT2D eigenvalue weighted by Crippen LogP contribution is 1.82. The molecule has 0 aromatic rings. The molecule has 0 saturated carbocycles. The molecule has 0 saturated heterocycles. The Labute approximate surface area is 76.2 Å². The molecule has 0 aromatic heterocycles. The molecule has 0 aliphatic carbocycles. The van der Waals surface area contributed by atoms with Gasteiger partial charge in [0.1, 0.15) is 0 Å². The number of ether oxygens (including phenoxy) is 1. The summed E-state index contributed by atoms with van der Waals surface area (Å²) in [7, 11) is 0. The van der Waals surface area contributed by atoms with Crippen molar-refractivity contribution in [3.8, 4) is 0 Å². The molecule has 0 atom stereocenters. The molecule has 0 bridgehead atoms. The molecule has 0 spiro atoms. The van der Waals surface area contributed by atoms with E-state index in [2.05, 4.69) is 4.74 Å². The number of rotatable bonds is 3. The summed E-state index contributed by atoms with van der Waals surface area (Å²) in [5, 5.41) is 8.36. The minimum atomic E-state index is -0.338. The van der Waals surface area contributed by atoms with Gasteiger partial charge in [0.25, 0.3) is 0 Å². The molecular weight excluding hydrogens is 191 g/mol. The van der Waals surface area contributed by atoms with Crippen molar-refractivity contribution in [1.82, 2.24) is 0 Å². The Morgan fingerprint density at radius 3 is 2.27 bits per heavy atom. The van der Waals surface area contributed by atoms with Gasteiger partial charge in [-0.1, -0.05) is 0 Å². The summed E-state index contributed by atoms with van der Waals surface area (Å²) in [6.45, 7) is 1.99. The van der Waals surface area contributed by atoms with E-state index in [1.165, 1.54) is 0 Å². The highest BCUT2D eigenvalue weighted by atomic mass is 35.5. The van der Waals surface area contributed by atoms with Crippen LogP contribution in [-0.4, -0.2) is 29.6 Å². The lowest BCUT2D eigenvalue weighted by atomic mass is 10.5. The zero-order valence-corrected chi connectivity index (χ0v) is 7.86. The van der Waals surface area contributed by atoms with Crippen LogP contribution in [0.1, 0.15) is 13.3 Å². The molecule has 0 unspecified atom stereocenters. The highest BCUT2D eigenvalue weighted by Gasteiger charge is 1.96. The molecule has 0 amide bonds. The van der Waals surface area contributed by atoms with Crippen LogP contribution in [0.25, 0.3) is 0 Å². The van der Waals surface area contributed by atoms with E-state index in [0.717, 1.165) is 0 Å². The van der Waals surface area contributed by atoms with Crippen molar-refractivity contribution in [2.75, 3.05) is 18.6 Å². The Balaban J connectivity index is 0. The second-order valence-electron chi connectivity index (χ2n) is 1.38. The number of hydrogen-bond donors (Lipinski definition) is 1. The third-order valence-electron chi connectivity index (χ3n) is 0.621. The number of esters is 1. The third-order valence-corrected chi connectivity index (χ3v) is 0.621. The maximum absolute atomic E-state index is 10.3. The Bertz CT molecular complexity index is 79.9. The summed E-state index contributed by atoms with van der Waals surface area (Å²) >= 11 is 9.53. The lowest BCUT2D eigenvalue weighted by molar-refractivity contribution is -0.143. The third kappa shape index (κ3) is 17.8. The van der Waals surface area contributed by atoms with Crippen LogP contribution in [0, 0.1) is 0 Å². The van der Waals surface area contributed by atoms with Crippen molar-refractivity contribution in [1.29, 1.82) is 0 Å². The second-order valence-corrected chi connectivity index (χ2v) is 2.19. The van der Waals surface area contributed by atoms with E-state index in [0.29, 0.717) is 6.61 Å². The van der Waals surface area contributed by atoms with Gasteiger partial charge in [0.2, 0.25) is 0 Å². The van der Waals surface area contributed by atoms with Gasteiger partial charge in [-0.3, -0.25) is 4.79 Å². The minimum Gasteiger partial charge on any atom is -0.466 e. The van der Waals surface area contributed by atoms with Gasteiger partial charge in [0, 0.05) is 0 Å². The number of halogens is 2. The van der Waals surface area contributed by atoms with Crippen LogP contribution >= 0.6 is 23.2 Å². The second kappa shape index (κ2) is 12.7. The molecule has 0 aromatic carbocycles. The van der Waals surface area contributed by atoms with Crippen LogP contribution < -0.4 is 0 Å². The molecule has 0 radical (unpaired) electrons. The number of aliphatic hydroxyl groups excluding tert-OH is 1. The SMILES string of the molecule is CCOC(=O)CCO.ClCCl. The van der Waals surface area contributed by atoms with Gasteiger partial charge >= 0.3 is 5.97 Å². The predicted octanol–water partition coefficient (Wildman–Crippen LogP) is 1.35. The zero-order chi connectivity index (χ0) is 9.11. The van der Waals surface area contributed by atoms with Gasteiger partial charge in [-0.2, -0.15) is 0 Å². The molecule has 0 aliphatic heterocycles. The molecule has 0 rings (SSSR count). The van der Waals surface area contributed by atoms with Crippen molar-refractivity contribution in [2.45, 2.75) is 13.3 Å². The molecule has 0 aliphatic rings. The standard InChI is InChI=1S/C5H10O3.CH2Cl2/c1-2-8-5(7)3-4-6;2-1-3/h6H,2-4H2,1H3;1H2. The molecule has 1 N–H and O–H groups in total. The highest BCUT2D eigenvalue weighted by molar-refractivity contribution is 6.40. The van der Waals surface area contributed by atoms with Gasteiger partial charge < -0.3 is 9.84 Å². The van der Waals surface area contributed by atoms with Crippen LogP contribution in [0.2, 0.25) is 0 Å². The number of hydrogen-bond acceptors (Lipinski definition) is 3. The maximum atomic E-state index is 10.3. The quantitative estimate of drug-likeness (QED) is 0.556. The van der Waals surface area contributed by atoms with Crippen LogP contribution in [-0.2, 0) is 9.53 Å². The number of carbonyl (C=O) groups is 1. The van der Waals surface area contributed by atoms with Crippen molar-refractivity contribution in [3.63, 3.8) is 0 Å². The van der Waals surface area contributed by atoms with E-state index < -0.39 is 0 Å². The molecule has 0 fully saturated rings. The van der Waals surface area contributed by atoms with Crippen molar-refractivity contribution >= 4 is 29.2 Å². The summed E-state index contributed by atoms with van der Waals surface area (Å²) in [5.74, 6) is -0.338. The first-order chi connectivity index (χ1) is 5.22. The predicted molar refractivity (Wildman–Crippen MR) is 44.9 cm³/mol. The Hall–Kier alpha value is 0.01000. The fourth-order valence-corrected chi connectivity index (χ4v) is 0.324. The Morgan fingerprint density at radius 2 is 2.00 bits per heavy atom. The fraction of sp³-hybridized carbons (Fsp3) is 0.833. The van der Waals surface area contributed by atoms with Gasteiger partial charge in [0.15, 0.2) is 0 Å². The minimum absolute atomic E-state index is 0.105. The van der Waals surface area contributed by atoms with E-state index in [4.69, 9.17) is 28.3 Å². The Kier molecular flexibility index (Phi) is 15.6. The van der Waals surface area contributed by atoms with E-state index in [9.17, 15) is 4.79 Å². The summed E-state index contributed by atoms with van der Waals surface area (Å²) in [4.78, 5) is 10.3. The number of carbonyl (C=O) groups excluding carboxylic acids is 1. The van der Waals surface area contributed by atoms with E-state index >= 15 is 0 Å². The molecule has 68 valence electrons. The fourth-order valence-electron chi connectivity index (χ4n) is 0.324. The van der Waals surface area contributed by atoms with Gasteiger partial charge in [-0.15, -0.1) is 23.2 Å². The summed E-state index contributed by atoms with van der Waals surface area (Å²) in [6, 6.07) is 0. The summed E-state index contributed by atoms with van der Waals surface area (Å²) in [6.07, 6.45) is 0.105. The van der Waals surface area contributed by atoms with Crippen LogP contribution in [0.15, 0.2) is 0 Å². The first kappa shape index (κ1) is 13.6. The van der Waals surface area contributed by atoms with Gasteiger partial charge in [-0.25, -0.2) is 0 Å². The van der Waals surface area contributed by atoms with Crippen molar-refractivity contribution in [2.24, 2.45) is 0 Å². The van der Waals surface area contributed by atoms with Crippen molar-refractivity contribution in [3.05, 3.63) is 0 Å².